The minimum atomic E-state index is 0.205. The van der Waals surface area contributed by atoms with E-state index in [0.29, 0.717) is 0 Å². The molecule has 10 rings (SSSR count). The van der Waals surface area contributed by atoms with Gasteiger partial charge in [-0.2, -0.15) is 0 Å². The number of hydrogen-bond acceptors (Lipinski definition) is 2. The summed E-state index contributed by atoms with van der Waals surface area (Å²) in [6, 6.07) is 63.4. The van der Waals surface area contributed by atoms with Crippen molar-refractivity contribution < 1.29 is 0 Å². The van der Waals surface area contributed by atoms with Gasteiger partial charge >= 0.3 is 0 Å². The summed E-state index contributed by atoms with van der Waals surface area (Å²) >= 11 is 0. The fraction of sp³-hybridized carbons (Fsp3) is 0.0370. The normalized spacial score (nSPS) is 16.5. The van der Waals surface area contributed by atoms with Crippen LogP contribution in [-0.4, -0.2) is 10.6 Å². The van der Waals surface area contributed by atoms with Gasteiger partial charge in [-0.25, -0.2) is 0 Å². The van der Waals surface area contributed by atoms with Crippen molar-refractivity contribution in [2.24, 2.45) is 0 Å². The molecule has 8 aromatic rings. The third-order valence-corrected chi connectivity index (χ3v) is 11.2. The van der Waals surface area contributed by atoms with Crippen molar-refractivity contribution in [1.29, 1.82) is 0 Å². The van der Waals surface area contributed by atoms with Gasteiger partial charge in [0, 0.05) is 51.0 Å². The van der Waals surface area contributed by atoms with Crippen molar-refractivity contribution in [2.75, 3.05) is 9.80 Å². The van der Waals surface area contributed by atoms with Crippen LogP contribution >= 0.6 is 0 Å². The largest absolute Gasteiger partial charge is 0.340 e. The molecule has 0 fully saturated rings. The van der Waals surface area contributed by atoms with Crippen LogP contribution in [-0.2, 0) is 0 Å². The van der Waals surface area contributed by atoms with Crippen LogP contribution in [0.4, 0.5) is 17.1 Å². The molecule has 3 heteroatoms. The molecule has 1 unspecified atom stereocenters. The molecular weight excluding hydrogens is 691 g/mol. The summed E-state index contributed by atoms with van der Waals surface area (Å²) in [6.07, 6.45) is 16.4. The molecule has 1 aromatic heterocycles. The van der Waals surface area contributed by atoms with Gasteiger partial charge in [-0.1, -0.05) is 146 Å². The zero-order chi connectivity index (χ0) is 38.1. The van der Waals surface area contributed by atoms with Crippen LogP contribution in [0.15, 0.2) is 231 Å². The van der Waals surface area contributed by atoms with Crippen molar-refractivity contribution in [1.82, 2.24) is 4.57 Å². The van der Waals surface area contributed by atoms with E-state index >= 15 is 0 Å². The fourth-order valence-corrected chi connectivity index (χ4v) is 8.41. The Bertz CT molecular complexity index is 2870. The molecular formula is C54H41N3. The average molecular weight is 732 g/mol. The Labute approximate surface area is 334 Å². The topological polar surface area (TPSA) is 11.4 Å². The summed E-state index contributed by atoms with van der Waals surface area (Å²) in [5.41, 5.74) is 14.7. The Balaban J connectivity index is 1.07. The summed E-state index contributed by atoms with van der Waals surface area (Å²) in [6.45, 7) is 4.63. The SMILES string of the molecule is C=C1/C=C(N(c2ccc(-c3ccccc3)cc2)c2ccc(-c3ccc4c(c3)c3ccccc3n4-c3ccccc3)cc2)\C=C/N(C2C=CC=CC2)c2ccccc21. The Kier molecular flexibility index (Phi) is 8.81. The number of aromatic nitrogens is 1. The molecule has 0 amide bonds. The first kappa shape index (κ1) is 34.2. The average Bonchev–Trinajstić information content (AvgIpc) is 3.61. The van der Waals surface area contributed by atoms with E-state index in [1.165, 1.54) is 44.1 Å². The molecule has 2 heterocycles. The van der Waals surface area contributed by atoms with E-state index in [9.17, 15) is 0 Å². The van der Waals surface area contributed by atoms with Crippen LogP contribution in [0.25, 0.3) is 55.3 Å². The molecule has 1 atom stereocenters. The molecule has 3 nitrogen and oxygen atoms in total. The van der Waals surface area contributed by atoms with E-state index in [0.717, 1.165) is 46.0 Å². The Hall–Kier alpha value is -7.36. The van der Waals surface area contributed by atoms with Crippen LogP contribution in [0.3, 0.4) is 0 Å². The fourth-order valence-electron chi connectivity index (χ4n) is 8.41. The van der Waals surface area contributed by atoms with Gasteiger partial charge in [0.2, 0.25) is 0 Å². The smallest absolute Gasteiger partial charge is 0.0554 e. The lowest BCUT2D eigenvalue weighted by Gasteiger charge is -2.34. The summed E-state index contributed by atoms with van der Waals surface area (Å²) in [5.74, 6) is 0. The Morgan fingerprint density at radius 3 is 1.89 bits per heavy atom. The van der Waals surface area contributed by atoms with Gasteiger partial charge in [-0.05, 0) is 107 Å². The van der Waals surface area contributed by atoms with Gasteiger partial charge in [0.05, 0.1) is 17.1 Å². The zero-order valence-electron chi connectivity index (χ0n) is 31.6. The third-order valence-electron chi connectivity index (χ3n) is 11.2. The maximum Gasteiger partial charge on any atom is 0.0554 e. The highest BCUT2D eigenvalue weighted by atomic mass is 15.2. The van der Waals surface area contributed by atoms with Crippen LogP contribution in [0.5, 0.6) is 0 Å². The minimum absolute atomic E-state index is 0.205. The van der Waals surface area contributed by atoms with Gasteiger partial charge in [-0.15, -0.1) is 0 Å². The summed E-state index contributed by atoms with van der Waals surface area (Å²) in [4.78, 5) is 4.73. The van der Waals surface area contributed by atoms with Crippen molar-refractivity contribution in [3.63, 3.8) is 0 Å². The van der Waals surface area contributed by atoms with Gasteiger partial charge < -0.3 is 14.4 Å². The van der Waals surface area contributed by atoms with Crippen LogP contribution < -0.4 is 9.80 Å². The Morgan fingerprint density at radius 1 is 0.544 bits per heavy atom. The summed E-state index contributed by atoms with van der Waals surface area (Å²) in [5, 5.41) is 2.49. The van der Waals surface area contributed by atoms with Gasteiger partial charge in [0.15, 0.2) is 0 Å². The van der Waals surface area contributed by atoms with E-state index in [1.54, 1.807) is 0 Å². The lowest BCUT2D eigenvalue weighted by molar-refractivity contribution is 0.777. The molecule has 7 aromatic carbocycles. The van der Waals surface area contributed by atoms with Gasteiger partial charge in [0.25, 0.3) is 0 Å². The van der Waals surface area contributed by atoms with E-state index in [-0.39, 0.29) is 6.04 Å². The van der Waals surface area contributed by atoms with E-state index in [4.69, 9.17) is 0 Å². The monoisotopic (exact) mass is 731 g/mol. The molecule has 0 spiro atoms. The number of anilines is 3. The van der Waals surface area contributed by atoms with Crippen LogP contribution in [0, 0.1) is 0 Å². The molecule has 1 aliphatic heterocycles. The predicted octanol–water partition coefficient (Wildman–Crippen LogP) is 14.1. The number of nitrogens with zero attached hydrogens (tertiary/aromatic N) is 3. The molecule has 0 N–H and O–H groups in total. The maximum atomic E-state index is 4.63. The first-order chi connectivity index (χ1) is 28.2. The molecule has 0 radical (unpaired) electrons. The standard InChI is InChI=1S/C54H41N3/c1-39-37-48(35-36-55(44-17-7-3-8-18-44)52-23-13-11-21-49(39)52)56(46-30-25-41(26-31-46)40-15-5-2-6-16-40)47-32-27-42(28-33-47)43-29-34-54-51(38-43)50-22-12-14-24-53(50)57(54)45-19-9-4-10-20-45/h2-17,19-38,44H,1,18H2/b36-35-,48-37+. The minimum Gasteiger partial charge on any atom is -0.340 e. The lowest BCUT2D eigenvalue weighted by atomic mass is 9.98. The quantitative estimate of drug-likeness (QED) is 0.162. The van der Waals surface area contributed by atoms with Crippen molar-refractivity contribution in [2.45, 2.75) is 12.5 Å². The molecule has 57 heavy (non-hydrogen) atoms. The Morgan fingerprint density at radius 2 is 1.16 bits per heavy atom. The highest BCUT2D eigenvalue weighted by molar-refractivity contribution is 6.10. The lowest BCUT2D eigenvalue weighted by Crippen LogP contribution is -2.30. The number of para-hydroxylation sites is 3. The second-order valence-corrected chi connectivity index (χ2v) is 14.7. The highest BCUT2D eigenvalue weighted by Gasteiger charge is 2.23. The molecule has 0 saturated heterocycles. The number of fused-ring (bicyclic) bond motifs is 4. The third kappa shape index (κ3) is 6.39. The summed E-state index contributed by atoms with van der Waals surface area (Å²) in [7, 11) is 0. The van der Waals surface area contributed by atoms with Crippen LogP contribution in [0.1, 0.15) is 12.0 Å². The van der Waals surface area contributed by atoms with Crippen LogP contribution in [0.2, 0.25) is 0 Å². The predicted molar refractivity (Wildman–Crippen MR) is 242 cm³/mol. The van der Waals surface area contributed by atoms with E-state index in [2.05, 4.69) is 240 Å². The maximum absolute atomic E-state index is 4.63. The number of rotatable bonds is 7. The highest BCUT2D eigenvalue weighted by Crippen LogP contribution is 2.40. The molecule has 2 aliphatic rings. The molecule has 272 valence electrons. The second-order valence-electron chi connectivity index (χ2n) is 14.7. The van der Waals surface area contributed by atoms with Crippen molar-refractivity contribution in [3.8, 4) is 27.9 Å². The molecule has 0 saturated carbocycles. The number of benzene rings is 7. The van der Waals surface area contributed by atoms with Crippen molar-refractivity contribution in [3.05, 3.63) is 236 Å². The van der Waals surface area contributed by atoms with E-state index < -0.39 is 0 Å². The number of hydrogen-bond donors (Lipinski definition) is 0. The van der Waals surface area contributed by atoms with Crippen molar-refractivity contribution >= 4 is 44.4 Å². The molecule has 1 aliphatic carbocycles. The summed E-state index contributed by atoms with van der Waals surface area (Å²) < 4.78 is 2.36. The number of allylic oxidation sites excluding steroid dienone is 5. The second kappa shape index (κ2) is 14.7. The molecule has 0 bridgehead atoms. The first-order valence-corrected chi connectivity index (χ1v) is 19.6. The zero-order valence-corrected chi connectivity index (χ0v) is 31.6. The van der Waals surface area contributed by atoms with E-state index in [1.807, 2.05) is 0 Å². The van der Waals surface area contributed by atoms with Gasteiger partial charge in [0.1, 0.15) is 0 Å². The van der Waals surface area contributed by atoms with Gasteiger partial charge in [-0.3, -0.25) is 0 Å². The first-order valence-electron chi connectivity index (χ1n) is 19.6.